The molecule has 1 amide bonds. The van der Waals surface area contributed by atoms with Gasteiger partial charge < -0.3 is 9.73 Å². The van der Waals surface area contributed by atoms with Crippen LogP contribution >= 0.6 is 11.3 Å². The van der Waals surface area contributed by atoms with Gasteiger partial charge in [0.15, 0.2) is 5.58 Å². The number of anilines is 1. The molecule has 0 atom stereocenters. The Bertz CT molecular complexity index is 846. The van der Waals surface area contributed by atoms with Crippen molar-refractivity contribution in [2.45, 2.75) is 26.3 Å². The summed E-state index contributed by atoms with van der Waals surface area (Å²) in [6, 6.07) is 9.13. The van der Waals surface area contributed by atoms with E-state index in [-0.39, 0.29) is 11.7 Å². The molecular formula is C16H16N2O3S. The normalized spacial score (nSPS) is 11.0. The summed E-state index contributed by atoms with van der Waals surface area (Å²) in [6.45, 7) is 2.63. The molecule has 3 aromatic rings. The Hall–Kier alpha value is -2.34. The van der Waals surface area contributed by atoms with Crippen molar-refractivity contribution >= 4 is 34.0 Å². The zero-order valence-corrected chi connectivity index (χ0v) is 13.0. The molecule has 3 rings (SSSR count). The van der Waals surface area contributed by atoms with Crippen LogP contribution in [0.15, 0.2) is 44.9 Å². The standard InChI is InChI=1S/C16H16N2O3S/c1-2-7-18-13-6-5-11(9-14(13)21-16(18)20)17-15(19)10-12-4-3-8-22-12/h3-6,8-9H,2,7,10H2,1H3,(H,17,19). The van der Waals surface area contributed by atoms with Gasteiger partial charge in [-0.25, -0.2) is 4.79 Å². The summed E-state index contributed by atoms with van der Waals surface area (Å²) in [4.78, 5) is 24.8. The van der Waals surface area contributed by atoms with Crippen LogP contribution in [0.1, 0.15) is 18.2 Å². The summed E-state index contributed by atoms with van der Waals surface area (Å²) in [5.41, 5.74) is 1.88. The maximum atomic E-state index is 12.0. The van der Waals surface area contributed by atoms with Crippen molar-refractivity contribution < 1.29 is 9.21 Å². The van der Waals surface area contributed by atoms with E-state index >= 15 is 0 Å². The van der Waals surface area contributed by atoms with E-state index in [4.69, 9.17) is 4.42 Å². The zero-order chi connectivity index (χ0) is 15.5. The Labute approximate surface area is 131 Å². The van der Waals surface area contributed by atoms with E-state index in [0.29, 0.717) is 24.2 Å². The molecule has 0 unspecified atom stereocenters. The number of benzene rings is 1. The molecule has 2 heterocycles. The van der Waals surface area contributed by atoms with Crippen LogP contribution in [0.5, 0.6) is 0 Å². The number of thiophene rings is 1. The minimum Gasteiger partial charge on any atom is -0.408 e. The first-order chi connectivity index (χ1) is 10.7. The summed E-state index contributed by atoms with van der Waals surface area (Å²) >= 11 is 1.55. The number of amides is 1. The highest BCUT2D eigenvalue weighted by molar-refractivity contribution is 7.10. The van der Waals surface area contributed by atoms with Gasteiger partial charge in [-0.1, -0.05) is 13.0 Å². The second kappa shape index (κ2) is 6.19. The average molecular weight is 316 g/mol. The lowest BCUT2D eigenvalue weighted by Gasteiger charge is -2.04. The lowest BCUT2D eigenvalue weighted by molar-refractivity contribution is -0.115. The van der Waals surface area contributed by atoms with Crippen LogP contribution in [0.2, 0.25) is 0 Å². The van der Waals surface area contributed by atoms with E-state index in [1.165, 1.54) is 0 Å². The van der Waals surface area contributed by atoms with Gasteiger partial charge in [0, 0.05) is 23.2 Å². The summed E-state index contributed by atoms with van der Waals surface area (Å²) in [5.74, 6) is -0.448. The van der Waals surface area contributed by atoms with Gasteiger partial charge in [0.05, 0.1) is 11.9 Å². The predicted molar refractivity (Wildman–Crippen MR) is 87.4 cm³/mol. The molecular weight excluding hydrogens is 300 g/mol. The van der Waals surface area contributed by atoms with Crippen molar-refractivity contribution in [1.29, 1.82) is 0 Å². The maximum Gasteiger partial charge on any atom is 0.419 e. The number of carbonyl (C=O) groups is 1. The topological polar surface area (TPSA) is 64.2 Å². The highest BCUT2D eigenvalue weighted by Crippen LogP contribution is 2.19. The zero-order valence-electron chi connectivity index (χ0n) is 12.2. The van der Waals surface area contributed by atoms with Crippen molar-refractivity contribution in [3.05, 3.63) is 51.1 Å². The summed E-state index contributed by atoms with van der Waals surface area (Å²) < 4.78 is 6.84. The van der Waals surface area contributed by atoms with E-state index in [2.05, 4.69) is 5.32 Å². The van der Waals surface area contributed by atoms with E-state index < -0.39 is 0 Å². The SMILES string of the molecule is CCCn1c(=O)oc2cc(NC(=O)Cc3cccs3)ccc21. The van der Waals surface area contributed by atoms with Crippen LogP contribution in [0.4, 0.5) is 5.69 Å². The molecule has 6 heteroatoms. The molecule has 0 aliphatic carbocycles. The lowest BCUT2D eigenvalue weighted by atomic mass is 10.2. The second-order valence-corrected chi connectivity index (χ2v) is 6.04. The number of carbonyl (C=O) groups excluding carboxylic acids is 1. The average Bonchev–Trinajstić information content (AvgIpc) is 3.08. The highest BCUT2D eigenvalue weighted by Gasteiger charge is 2.10. The number of nitrogens with one attached hydrogen (secondary N) is 1. The van der Waals surface area contributed by atoms with E-state index in [1.807, 2.05) is 24.4 Å². The Kier molecular flexibility index (Phi) is 4.11. The molecule has 0 aliphatic rings. The Balaban J connectivity index is 1.80. The molecule has 0 radical (unpaired) electrons. The van der Waals surface area contributed by atoms with E-state index in [1.54, 1.807) is 34.1 Å². The Morgan fingerprint density at radius 3 is 2.95 bits per heavy atom. The van der Waals surface area contributed by atoms with Crippen LogP contribution in [0.25, 0.3) is 11.1 Å². The van der Waals surface area contributed by atoms with Gasteiger partial charge in [0.2, 0.25) is 5.91 Å². The Morgan fingerprint density at radius 1 is 1.36 bits per heavy atom. The van der Waals surface area contributed by atoms with Crippen molar-refractivity contribution in [2.75, 3.05) is 5.32 Å². The largest absolute Gasteiger partial charge is 0.419 e. The molecule has 114 valence electrons. The molecule has 0 saturated carbocycles. The Morgan fingerprint density at radius 2 is 2.23 bits per heavy atom. The van der Waals surface area contributed by atoms with Crippen molar-refractivity contribution in [3.63, 3.8) is 0 Å². The quantitative estimate of drug-likeness (QED) is 0.786. The number of nitrogens with zero attached hydrogens (tertiary/aromatic N) is 1. The van der Waals surface area contributed by atoms with Gasteiger partial charge >= 0.3 is 5.76 Å². The van der Waals surface area contributed by atoms with E-state index in [0.717, 1.165) is 16.8 Å². The van der Waals surface area contributed by atoms with Crippen molar-refractivity contribution in [1.82, 2.24) is 4.57 Å². The first kappa shape index (κ1) is 14.6. The van der Waals surface area contributed by atoms with Crippen LogP contribution in [0.3, 0.4) is 0 Å². The van der Waals surface area contributed by atoms with Gasteiger partial charge in [-0.05, 0) is 30.0 Å². The molecule has 1 aromatic carbocycles. The first-order valence-corrected chi connectivity index (χ1v) is 8.01. The number of oxazole rings is 1. The monoisotopic (exact) mass is 316 g/mol. The number of aromatic nitrogens is 1. The smallest absolute Gasteiger partial charge is 0.408 e. The third-order valence-corrected chi connectivity index (χ3v) is 4.19. The molecule has 1 N–H and O–H groups in total. The summed E-state index contributed by atoms with van der Waals surface area (Å²) in [5, 5.41) is 4.77. The van der Waals surface area contributed by atoms with Gasteiger partial charge in [-0.3, -0.25) is 9.36 Å². The van der Waals surface area contributed by atoms with Gasteiger partial charge in [0.25, 0.3) is 0 Å². The minimum absolute atomic E-state index is 0.0860. The molecule has 2 aromatic heterocycles. The van der Waals surface area contributed by atoms with Crippen molar-refractivity contribution in [3.8, 4) is 0 Å². The fourth-order valence-electron chi connectivity index (χ4n) is 2.36. The molecule has 22 heavy (non-hydrogen) atoms. The summed E-state index contributed by atoms with van der Waals surface area (Å²) in [7, 11) is 0. The fraction of sp³-hybridized carbons (Fsp3) is 0.250. The minimum atomic E-state index is -0.362. The second-order valence-electron chi connectivity index (χ2n) is 5.01. The van der Waals surface area contributed by atoms with Crippen LogP contribution in [-0.4, -0.2) is 10.5 Å². The van der Waals surface area contributed by atoms with Gasteiger partial charge in [-0.15, -0.1) is 11.3 Å². The predicted octanol–water partition coefficient (Wildman–Crippen LogP) is 3.25. The van der Waals surface area contributed by atoms with Crippen LogP contribution in [-0.2, 0) is 17.8 Å². The van der Waals surface area contributed by atoms with Crippen LogP contribution < -0.4 is 11.1 Å². The number of fused-ring (bicyclic) bond motifs is 1. The number of hydrogen-bond donors (Lipinski definition) is 1. The number of aryl methyl sites for hydroxylation is 1. The fourth-order valence-corrected chi connectivity index (χ4v) is 3.06. The first-order valence-electron chi connectivity index (χ1n) is 7.13. The molecule has 0 bridgehead atoms. The van der Waals surface area contributed by atoms with E-state index in [9.17, 15) is 9.59 Å². The number of hydrogen-bond acceptors (Lipinski definition) is 4. The van der Waals surface area contributed by atoms with Crippen molar-refractivity contribution in [2.24, 2.45) is 0 Å². The van der Waals surface area contributed by atoms with Gasteiger partial charge in [0.1, 0.15) is 0 Å². The maximum absolute atomic E-state index is 12.0. The van der Waals surface area contributed by atoms with Gasteiger partial charge in [-0.2, -0.15) is 0 Å². The lowest BCUT2D eigenvalue weighted by Crippen LogP contribution is -2.14. The van der Waals surface area contributed by atoms with Crippen LogP contribution in [0, 0.1) is 0 Å². The number of rotatable bonds is 5. The molecule has 5 nitrogen and oxygen atoms in total. The molecule has 0 fully saturated rings. The highest BCUT2D eigenvalue weighted by atomic mass is 32.1. The third-order valence-electron chi connectivity index (χ3n) is 3.31. The third kappa shape index (κ3) is 2.96. The summed E-state index contributed by atoms with van der Waals surface area (Å²) in [6.07, 6.45) is 1.20. The molecule has 0 spiro atoms. The molecule has 0 aliphatic heterocycles. The molecule has 0 saturated heterocycles.